The van der Waals surface area contributed by atoms with E-state index in [0.717, 1.165) is 12.8 Å². The molecular weight excluding hydrogens is 536 g/mol. The largest absolute Gasteiger partial charge is 0.286 e. The van der Waals surface area contributed by atoms with Crippen molar-refractivity contribution in [1.29, 1.82) is 0 Å². The Kier molecular flexibility index (Phi) is 9.87. The van der Waals surface area contributed by atoms with Crippen LogP contribution in [0.2, 0.25) is 0 Å². The molecule has 0 radical (unpaired) electrons. The Morgan fingerprint density at radius 3 is 1.51 bits per heavy atom. The predicted molar refractivity (Wildman–Crippen MR) is 152 cm³/mol. The summed E-state index contributed by atoms with van der Waals surface area (Å²) < 4.78 is 51.7. The number of allylic oxidation sites excluding steroid dienone is 1. The summed E-state index contributed by atoms with van der Waals surface area (Å²) in [6.45, 7) is 0. The van der Waals surface area contributed by atoms with Crippen LogP contribution in [-0.4, -0.2) is 48.4 Å². The lowest BCUT2D eigenvalue weighted by Gasteiger charge is -2.30. The topological polar surface area (TPSA) is 135 Å². The summed E-state index contributed by atoms with van der Waals surface area (Å²) in [5.74, 6) is 0. The van der Waals surface area contributed by atoms with Gasteiger partial charge in [-0.2, -0.15) is 16.8 Å². The molecule has 0 unspecified atom stereocenters. The highest BCUT2D eigenvalue weighted by molar-refractivity contribution is 7.85. The van der Waals surface area contributed by atoms with Crippen LogP contribution >= 0.6 is 0 Å². The monoisotopic (exact) mass is 566 g/mol. The van der Waals surface area contributed by atoms with Crippen LogP contribution in [0.25, 0.3) is 5.57 Å². The quantitative estimate of drug-likeness (QED) is 0.333. The van der Waals surface area contributed by atoms with Gasteiger partial charge in [0, 0.05) is 30.2 Å². The summed E-state index contributed by atoms with van der Waals surface area (Å²) in [6.07, 6.45) is 13.3. The Balaban J connectivity index is 0.000000362. The Morgan fingerprint density at radius 2 is 1.05 bits per heavy atom. The van der Waals surface area contributed by atoms with Gasteiger partial charge < -0.3 is 0 Å². The zero-order valence-corrected chi connectivity index (χ0v) is 23.2. The highest BCUT2D eigenvalue weighted by Gasteiger charge is 2.38. The van der Waals surface area contributed by atoms with Crippen LogP contribution in [0.15, 0.2) is 110 Å². The van der Waals surface area contributed by atoms with Gasteiger partial charge in [-0.1, -0.05) is 60.7 Å². The maximum absolute atomic E-state index is 9.19. The molecule has 204 valence electrons. The third kappa shape index (κ3) is 9.84. The molecule has 0 spiro atoms. The lowest BCUT2D eigenvalue weighted by Crippen LogP contribution is -2.28. The van der Waals surface area contributed by atoms with Crippen molar-refractivity contribution < 1.29 is 25.9 Å². The number of benzene rings is 2. The molecule has 0 atom stereocenters. The van der Waals surface area contributed by atoms with Crippen molar-refractivity contribution >= 4 is 25.8 Å². The molecule has 0 amide bonds. The van der Waals surface area contributed by atoms with Crippen molar-refractivity contribution in [2.45, 2.75) is 18.3 Å². The number of aromatic nitrogens is 2. The molecule has 2 aromatic heterocycles. The van der Waals surface area contributed by atoms with E-state index in [4.69, 9.17) is 9.11 Å². The molecular formula is C29H30N2O6S2. The summed E-state index contributed by atoms with van der Waals surface area (Å²) in [5, 5.41) is 0. The molecule has 2 N–H and O–H groups in total. The van der Waals surface area contributed by atoms with E-state index >= 15 is 0 Å². The van der Waals surface area contributed by atoms with Gasteiger partial charge in [0.25, 0.3) is 20.2 Å². The maximum atomic E-state index is 9.19. The molecule has 1 aliphatic rings. The van der Waals surface area contributed by atoms with Crippen molar-refractivity contribution in [2.24, 2.45) is 0 Å². The third-order valence-electron chi connectivity index (χ3n) is 5.80. The molecule has 1 aliphatic carbocycles. The lowest BCUT2D eigenvalue weighted by molar-refractivity contribution is 0.488. The van der Waals surface area contributed by atoms with Crippen molar-refractivity contribution in [3.8, 4) is 0 Å². The number of fused-ring (bicyclic) bond motifs is 1. The number of nitrogens with zero attached hydrogens (tertiary/aromatic N) is 2. The Bertz CT molecular complexity index is 1520. The molecule has 10 heteroatoms. The Hall–Kier alpha value is -3.70. The van der Waals surface area contributed by atoms with E-state index in [1.807, 2.05) is 24.8 Å². The molecule has 0 bridgehead atoms. The fourth-order valence-corrected chi connectivity index (χ4v) is 4.53. The second-order valence-electron chi connectivity index (χ2n) is 9.16. The van der Waals surface area contributed by atoms with Gasteiger partial charge in [0.1, 0.15) is 0 Å². The highest BCUT2D eigenvalue weighted by Crippen LogP contribution is 2.47. The maximum Gasteiger partial charge on any atom is 0.261 e. The van der Waals surface area contributed by atoms with Gasteiger partial charge in [-0.05, 0) is 70.5 Å². The van der Waals surface area contributed by atoms with Gasteiger partial charge in [-0.25, -0.2) is 0 Å². The Labute approximate surface area is 229 Å². The van der Waals surface area contributed by atoms with E-state index < -0.39 is 20.2 Å². The minimum atomic E-state index is -3.67. The zero-order chi connectivity index (χ0) is 28.5. The molecule has 0 aliphatic heterocycles. The standard InChI is InChI=1S/C27H22N2.2CH4O3S/c1-2-6-23(7-3-1)25-20-27(18-21-10-14-28-15-11-21,19-22-12-16-29-17-13-22)26-9-5-4-8-24(25)26;2*1-5(2,3)4/h1-17,20H,18-19H2;2*1H3,(H,2,3,4). The van der Waals surface area contributed by atoms with Crippen LogP contribution in [0.3, 0.4) is 0 Å². The average molecular weight is 567 g/mol. The first-order chi connectivity index (χ1) is 18.3. The molecule has 0 saturated heterocycles. The SMILES string of the molecule is C1=C(c2ccccc2)c2ccccc2C1(Cc1ccncc1)Cc1ccncc1.CS(=O)(=O)O.CS(=O)(=O)O. The van der Waals surface area contributed by atoms with Gasteiger partial charge in [0.2, 0.25) is 0 Å². The van der Waals surface area contributed by atoms with Gasteiger partial charge in [0.15, 0.2) is 0 Å². The van der Waals surface area contributed by atoms with Gasteiger partial charge in [-0.15, -0.1) is 0 Å². The molecule has 8 nitrogen and oxygen atoms in total. The smallest absolute Gasteiger partial charge is 0.261 e. The van der Waals surface area contributed by atoms with Gasteiger partial charge in [0.05, 0.1) is 12.5 Å². The minimum absolute atomic E-state index is 0.107. The molecule has 0 saturated carbocycles. The second-order valence-corrected chi connectivity index (χ2v) is 12.1. The minimum Gasteiger partial charge on any atom is -0.286 e. The zero-order valence-electron chi connectivity index (χ0n) is 21.5. The van der Waals surface area contributed by atoms with Crippen molar-refractivity contribution in [2.75, 3.05) is 12.5 Å². The first-order valence-electron chi connectivity index (χ1n) is 11.8. The summed E-state index contributed by atoms with van der Waals surface area (Å²) in [7, 11) is -7.33. The average Bonchev–Trinajstić information content (AvgIpc) is 3.18. The predicted octanol–water partition coefficient (Wildman–Crippen LogP) is 4.65. The normalized spacial score (nSPS) is 13.6. The lowest BCUT2D eigenvalue weighted by atomic mass is 9.73. The number of rotatable bonds is 5. The molecule has 2 heterocycles. The molecule has 0 fully saturated rings. The van der Waals surface area contributed by atoms with Crippen molar-refractivity contribution in [3.05, 3.63) is 138 Å². The summed E-state index contributed by atoms with van der Waals surface area (Å²) in [5.41, 5.74) is 7.82. The van der Waals surface area contributed by atoms with E-state index in [1.54, 1.807) is 0 Å². The molecule has 39 heavy (non-hydrogen) atoms. The van der Waals surface area contributed by atoms with Crippen LogP contribution in [-0.2, 0) is 38.5 Å². The van der Waals surface area contributed by atoms with Crippen molar-refractivity contribution in [3.63, 3.8) is 0 Å². The van der Waals surface area contributed by atoms with Crippen LogP contribution in [0, 0.1) is 0 Å². The Morgan fingerprint density at radius 1 is 0.641 bits per heavy atom. The van der Waals surface area contributed by atoms with Crippen LogP contribution in [0.1, 0.15) is 27.8 Å². The van der Waals surface area contributed by atoms with E-state index in [-0.39, 0.29) is 5.41 Å². The van der Waals surface area contributed by atoms with E-state index in [0.29, 0.717) is 12.5 Å². The highest BCUT2D eigenvalue weighted by atomic mass is 32.2. The number of hydrogen-bond acceptors (Lipinski definition) is 6. The first kappa shape index (κ1) is 29.9. The molecule has 2 aromatic carbocycles. The van der Waals surface area contributed by atoms with E-state index in [1.165, 1.54) is 33.4 Å². The van der Waals surface area contributed by atoms with Gasteiger partial charge in [-0.3, -0.25) is 19.1 Å². The molecule has 5 rings (SSSR count). The second kappa shape index (κ2) is 12.9. The fraction of sp³-hybridized carbons (Fsp3) is 0.172. The molecule has 4 aromatic rings. The first-order valence-corrected chi connectivity index (χ1v) is 15.5. The van der Waals surface area contributed by atoms with Crippen molar-refractivity contribution in [1.82, 2.24) is 9.97 Å². The van der Waals surface area contributed by atoms with Gasteiger partial charge >= 0.3 is 0 Å². The number of pyridine rings is 2. The van der Waals surface area contributed by atoms with E-state index in [9.17, 15) is 16.8 Å². The van der Waals surface area contributed by atoms with Crippen LogP contribution in [0.5, 0.6) is 0 Å². The number of hydrogen-bond donors (Lipinski definition) is 2. The fourth-order valence-electron chi connectivity index (χ4n) is 4.53. The van der Waals surface area contributed by atoms with Crippen LogP contribution < -0.4 is 0 Å². The van der Waals surface area contributed by atoms with E-state index in [2.05, 4.69) is 94.9 Å². The summed E-state index contributed by atoms with van der Waals surface area (Å²) in [6, 6.07) is 28.1. The third-order valence-corrected chi connectivity index (χ3v) is 5.80. The van der Waals surface area contributed by atoms with Crippen LogP contribution in [0.4, 0.5) is 0 Å². The summed E-state index contributed by atoms with van der Waals surface area (Å²) >= 11 is 0. The summed E-state index contributed by atoms with van der Waals surface area (Å²) in [4.78, 5) is 8.42.